The molecule has 0 bridgehead atoms. The van der Waals surface area contributed by atoms with Crippen molar-refractivity contribution in [1.82, 2.24) is 4.37 Å². The van der Waals surface area contributed by atoms with Gasteiger partial charge >= 0.3 is 31.8 Å². The van der Waals surface area contributed by atoms with E-state index in [1.807, 2.05) is 4.37 Å². The molecule has 0 heterocycles. The molecule has 0 aliphatic carbocycles. The molecule has 0 saturated carbocycles. The molecule has 0 aromatic heterocycles. The number of nitriles is 1. The van der Waals surface area contributed by atoms with E-state index < -0.39 is 0 Å². The third-order valence-corrected chi connectivity index (χ3v) is 0.154. The monoisotopic (exact) mass is 99.9 g/mol. The first kappa shape index (κ1) is 3.80. The third kappa shape index (κ3) is 1.80. The molecule has 0 radical (unpaired) electrons. The molecule has 1 N–H and O–H groups in total. The zero-order valence-electron chi connectivity index (χ0n) is 1.78. The Labute approximate surface area is 32.6 Å². The first-order chi connectivity index (χ1) is 1.91. The summed E-state index contributed by atoms with van der Waals surface area (Å²) in [6.45, 7) is 0. The summed E-state index contributed by atoms with van der Waals surface area (Å²) in [4.78, 5) is 0. The van der Waals surface area contributed by atoms with E-state index in [0.717, 1.165) is 0 Å². The fourth-order valence-corrected chi connectivity index (χ4v) is 0. The molecule has 0 aromatic rings. The number of hydrogen-bond acceptors (Lipinski definition) is 2. The molecule has 3 heteroatoms. The van der Waals surface area contributed by atoms with E-state index in [1.54, 1.807) is 6.19 Å². The molecular weight excluding hydrogens is 99.0 g/mol. The van der Waals surface area contributed by atoms with E-state index in [0.29, 0.717) is 0 Å². The van der Waals surface area contributed by atoms with E-state index >= 15 is 0 Å². The van der Waals surface area contributed by atoms with Crippen molar-refractivity contribution in [2.24, 2.45) is 0 Å². The van der Waals surface area contributed by atoms with Gasteiger partial charge in [0.2, 0.25) is 0 Å². The maximum absolute atomic E-state index is 7.44. The molecule has 0 saturated heterocycles. The van der Waals surface area contributed by atoms with Crippen LogP contribution in [0.2, 0.25) is 0 Å². The second-order valence-electron chi connectivity index (χ2n) is 0.195. The first-order valence-electron chi connectivity index (χ1n) is 0.640. The van der Waals surface area contributed by atoms with Crippen LogP contribution in [0.4, 0.5) is 0 Å². The second kappa shape index (κ2) is 2.80. The van der Waals surface area contributed by atoms with Gasteiger partial charge in [-0.15, -0.1) is 0 Å². The van der Waals surface area contributed by atoms with Gasteiger partial charge in [-0.1, -0.05) is 0 Å². The Kier molecular flexibility index (Phi) is 2.65. The summed E-state index contributed by atoms with van der Waals surface area (Å²) in [5.74, 6) is 0. The van der Waals surface area contributed by atoms with E-state index in [1.165, 1.54) is 0 Å². The molecule has 0 unspecified atom stereocenters. The van der Waals surface area contributed by atoms with Gasteiger partial charge in [0.25, 0.3) is 0 Å². The predicted octanol–water partition coefficient (Wildman–Crippen LogP) is -0.481. The maximum atomic E-state index is 7.44. The van der Waals surface area contributed by atoms with Crippen LogP contribution in [0.3, 0.4) is 0 Å². The zero-order valence-corrected chi connectivity index (χ0v) is 2.82. The molecule has 0 spiro atoms. The van der Waals surface area contributed by atoms with Gasteiger partial charge in [-0.05, 0) is 0 Å². The molecule has 4 heavy (non-hydrogen) atoms. The van der Waals surface area contributed by atoms with Gasteiger partial charge in [-0.2, -0.15) is 0 Å². The van der Waals surface area contributed by atoms with Crippen LogP contribution in [-0.4, -0.2) is 0 Å². The van der Waals surface area contributed by atoms with Crippen LogP contribution in [0.5, 0.6) is 0 Å². The summed E-state index contributed by atoms with van der Waals surface area (Å²) in [6.07, 6.45) is 1.54. The fourth-order valence-electron chi connectivity index (χ4n) is 0. The SMILES string of the molecule is N#C[NH][Co]. The summed E-state index contributed by atoms with van der Waals surface area (Å²) in [6, 6.07) is 0. The van der Waals surface area contributed by atoms with Crippen LogP contribution in [0.1, 0.15) is 0 Å². The average molecular weight is 100.0 g/mol. The van der Waals surface area contributed by atoms with Gasteiger partial charge in [0.05, 0.1) is 0 Å². The summed E-state index contributed by atoms with van der Waals surface area (Å²) in [5, 5.41) is 7.44. The van der Waals surface area contributed by atoms with Crippen molar-refractivity contribution in [3.8, 4) is 6.19 Å². The van der Waals surface area contributed by atoms with Crippen molar-refractivity contribution in [3.63, 3.8) is 0 Å². The Balaban J connectivity index is 2.43. The van der Waals surface area contributed by atoms with Crippen molar-refractivity contribution in [2.45, 2.75) is 0 Å². The summed E-state index contributed by atoms with van der Waals surface area (Å²) in [5.41, 5.74) is 0. The number of hydrogen-bond donors (Lipinski definition) is 1. The van der Waals surface area contributed by atoms with E-state index in [-0.39, 0.29) is 0 Å². The van der Waals surface area contributed by atoms with E-state index in [4.69, 9.17) is 5.26 Å². The quantitative estimate of drug-likeness (QED) is 0.329. The zero-order chi connectivity index (χ0) is 3.41. The molecule has 0 atom stereocenters. The Morgan fingerprint density at radius 2 is 2.25 bits per heavy atom. The van der Waals surface area contributed by atoms with Crippen LogP contribution in [0, 0.1) is 11.5 Å². The van der Waals surface area contributed by atoms with Gasteiger partial charge in [-0.3, -0.25) is 0 Å². The van der Waals surface area contributed by atoms with Crippen LogP contribution >= 0.6 is 0 Å². The minimum absolute atomic E-state index is 1.54. The molecular formula is CHCoN2. The summed E-state index contributed by atoms with van der Waals surface area (Å²) in [7, 11) is 0. The third-order valence-electron chi connectivity index (χ3n) is 0.0373. The predicted molar refractivity (Wildman–Crippen MR) is 8.75 cm³/mol. The van der Waals surface area contributed by atoms with Crippen LogP contribution in [0.15, 0.2) is 0 Å². The molecule has 0 rings (SSSR count). The van der Waals surface area contributed by atoms with Gasteiger partial charge in [-0.25, -0.2) is 0 Å². The molecule has 2 nitrogen and oxygen atoms in total. The van der Waals surface area contributed by atoms with Gasteiger partial charge < -0.3 is 0 Å². The molecule has 24 valence electrons. The number of nitrogens with zero attached hydrogens (tertiary/aromatic N) is 1. The Morgan fingerprint density at radius 3 is 2.25 bits per heavy atom. The fraction of sp³-hybridized carbons (Fsp3) is 0. The molecule has 0 aliphatic rings. The van der Waals surface area contributed by atoms with Crippen molar-refractivity contribution in [3.05, 3.63) is 0 Å². The Morgan fingerprint density at radius 1 is 2.00 bits per heavy atom. The molecule has 0 aromatic carbocycles. The summed E-state index contributed by atoms with van der Waals surface area (Å²) < 4.78 is 1.92. The van der Waals surface area contributed by atoms with Gasteiger partial charge in [0, 0.05) is 0 Å². The van der Waals surface area contributed by atoms with Crippen molar-refractivity contribution in [2.75, 3.05) is 0 Å². The topological polar surface area (TPSA) is 35.8 Å². The van der Waals surface area contributed by atoms with Crippen molar-refractivity contribution >= 4 is 0 Å². The normalized spacial score (nSPS) is 4.25. The molecule has 0 aliphatic heterocycles. The molecule has 0 amide bonds. The minimum atomic E-state index is 1.54. The van der Waals surface area contributed by atoms with Gasteiger partial charge in [0.15, 0.2) is 0 Å². The van der Waals surface area contributed by atoms with Crippen LogP contribution < -0.4 is 4.37 Å². The van der Waals surface area contributed by atoms with Gasteiger partial charge in [0.1, 0.15) is 0 Å². The summed E-state index contributed by atoms with van der Waals surface area (Å²) >= 11 is 3.35. The number of rotatable bonds is 0. The number of nitrogens with one attached hydrogen (secondary N) is 1. The Hall–Kier alpha value is -0.204. The second-order valence-corrected chi connectivity index (χ2v) is 0.455. The van der Waals surface area contributed by atoms with Crippen LogP contribution in [-0.2, 0) is 16.0 Å². The Bertz CT molecular complexity index is 35.8. The van der Waals surface area contributed by atoms with Crippen LogP contribution in [0.25, 0.3) is 0 Å². The van der Waals surface area contributed by atoms with E-state index in [9.17, 15) is 0 Å². The standard InChI is InChI=1S/CHN2.Co/c2-1-3;/h2H;/q-1;+1. The molecule has 0 fully saturated rings. The van der Waals surface area contributed by atoms with E-state index in [2.05, 4.69) is 16.0 Å². The van der Waals surface area contributed by atoms with Crippen molar-refractivity contribution in [1.29, 1.82) is 5.26 Å². The van der Waals surface area contributed by atoms with Crippen molar-refractivity contribution < 1.29 is 16.0 Å². The first-order valence-corrected chi connectivity index (χ1v) is 1.16. The average Bonchev–Trinajstić information content (AvgIpc) is 1.37.